The lowest BCUT2D eigenvalue weighted by atomic mass is 10.2. The summed E-state index contributed by atoms with van der Waals surface area (Å²) in [6.07, 6.45) is 1.76. The lowest BCUT2D eigenvalue weighted by molar-refractivity contribution is -0.121. The fourth-order valence-corrected chi connectivity index (χ4v) is 4.22. The Bertz CT molecular complexity index is 1030. The molecule has 7 nitrogen and oxygen atoms in total. The highest BCUT2D eigenvalue weighted by Gasteiger charge is 2.30. The first-order valence-electron chi connectivity index (χ1n) is 8.35. The van der Waals surface area contributed by atoms with E-state index >= 15 is 0 Å². The Morgan fingerprint density at radius 3 is 2.48 bits per heavy atom. The number of thioether (sulfide) groups is 1. The average molecular weight is 477 g/mol. The predicted octanol–water partition coefficient (Wildman–Crippen LogP) is 4.40. The minimum atomic E-state index is -1.00. The highest BCUT2D eigenvalue weighted by atomic mass is 79.9. The van der Waals surface area contributed by atoms with Crippen molar-refractivity contribution in [1.82, 2.24) is 4.90 Å². The fourth-order valence-electron chi connectivity index (χ4n) is 2.61. The van der Waals surface area contributed by atoms with Gasteiger partial charge in [-0.2, -0.15) is 0 Å². The molecule has 1 aliphatic rings. The van der Waals surface area contributed by atoms with Crippen LogP contribution in [0.1, 0.15) is 15.9 Å². The van der Waals surface area contributed by atoms with E-state index in [1.807, 2.05) is 6.07 Å². The molecule has 0 aliphatic carbocycles. The van der Waals surface area contributed by atoms with Gasteiger partial charge < -0.3 is 14.6 Å². The standard InChI is InChI=1S/C20H17BrN2O5S/c1-23-18(24)16(10-11-8-14(21)17(28-3)15(9-11)27-2)29-20(23)22-13-6-4-12(5-7-13)19(25)26/h4-10H,1-3H3,(H,25,26). The average Bonchev–Trinajstić information content (AvgIpc) is 2.95. The quantitative estimate of drug-likeness (QED) is 0.643. The van der Waals surface area contributed by atoms with E-state index in [1.54, 1.807) is 45.5 Å². The molecule has 1 aliphatic heterocycles. The van der Waals surface area contributed by atoms with Gasteiger partial charge in [0.1, 0.15) is 0 Å². The smallest absolute Gasteiger partial charge is 0.335 e. The zero-order chi connectivity index (χ0) is 21.1. The number of aliphatic imine (C=N–C) groups is 1. The van der Waals surface area contributed by atoms with Gasteiger partial charge in [-0.15, -0.1) is 0 Å². The second-order valence-electron chi connectivity index (χ2n) is 5.96. The lowest BCUT2D eigenvalue weighted by Crippen LogP contribution is -2.23. The van der Waals surface area contributed by atoms with Crippen LogP contribution >= 0.6 is 27.7 Å². The van der Waals surface area contributed by atoms with Crippen molar-refractivity contribution < 1.29 is 24.2 Å². The number of nitrogens with zero attached hydrogens (tertiary/aromatic N) is 2. The Morgan fingerprint density at radius 2 is 1.90 bits per heavy atom. The normalized spacial score (nSPS) is 16.6. The highest BCUT2D eigenvalue weighted by Crippen LogP contribution is 2.39. The third-order valence-corrected chi connectivity index (χ3v) is 5.75. The first kappa shape index (κ1) is 20.9. The van der Waals surface area contributed by atoms with E-state index in [9.17, 15) is 9.59 Å². The summed E-state index contributed by atoms with van der Waals surface area (Å²) in [6.45, 7) is 0. The van der Waals surface area contributed by atoms with Crippen LogP contribution in [0.25, 0.3) is 6.08 Å². The number of carbonyl (C=O) groups is 2. The van der Waals surface area contributed by atoms with E-state index in [-0.39, 0.29) is 11.5 Å². The van der Waals surface area contributed by atoms with E-state index in [4.69, 9.17) is 14.6 Å². The minimum Gasteiger partial charge on any atom is -0.493 e. The lowest BCUT2D eigenvalue weighted by Gasteiger charge is -2.10. The van der Waals surface area contributed by atoms with Crippen LogP contribution in [-0.4, -0.2) is 48.3 Å². The molecular weight excluding hydrogens is 460 g/mol. The van der Waals surface area contributed by atoms with E-state index < -0.39 is 5.97 Å². The molecule has 29 heavy (non-hydrogen) atoms. The Balaban J connectivity index is 1.90. The summed E-state index contributed by atoms with van der Waals surface area (Å²) in [6, 6.07) is 9.76. The third kappa shape index (κ3) is 4.46. The number of rotatable bonds is 5. The number of ether oxygens (including phenoxy) is 2. The van der Waals surface area contributed by atoms with Gasteiger partial charge in [-0.05, 0) is 75.7 Å². The number of hydrogen-bond acceptors (Lipinski definition) is 6. The first-order chi connectivity index (χ1) is 13.8. The van der Waals surface area contributed by atoms with E-state index in [2.05, 4.69) is 20.9 Å². The Kier molecular flexibility index (Phi) is 6.29. The number of methoxy groups -OCH3 is 2. The Morgan fingerprint density at radius 1 is 1.21 bits per heavy atom. The topological polar surface area (TPSA) is 88.4 Å². The molecule has 1 saturated heterocycles. The summed E-state index contributed by atoms with van der Waals surface area (Å²) in [4.78, 5) is 30.0. The summed E-state index contributed by atoms with van der Waals surface area (Å²) in [7, 11) is 4.74. The zero-order valence-corrected chi connectivity index (χ0v) is 18.2. The fraction of sp³-hybridized carbons (Fsp3) is 0.150. The van der Waals surface area contributed by atoms with Crippen molar-refractivity contribution in [2.75, 3.05) is 21.3 Å². The number of likely N-dealkylation sites (N-methyl/N-ethyl adjacent to an activating group) is 1. The van der Waals surface area contributed by atoms with Gasteiger partial charge in [0, 0.05) is 7.05 Å². The van der Waals surface area contributed by atoms with Crippen LogP contribution in [0.5, 0.6) is 11.5 Å². The van der Waals surface area contributed by atoms with Gasteiger partial charge in [-0.1, -0.05) is 0 Å². The van der Waals surface area contributed by atoms with E-state index in [0.29, 0.717) is 31.7 Å². The molecule has 0 saturated carbocycles. The number of halogens is 1. The number of carboxylic acids is 1. The van der Waals surface area contributed by atoms with Crippen LogP contribution in [0, 0.1) is 0 Å². The van der Waals surface area contributed by atoms with Gasteiger partial charge in [0.25, 0.3) is 5.91 Å². The maximum Gasteiger partial charge on any atom is 0.335 e. The number of aromatic carboxylic acids is 1. The van der Waals surface area contributed by atoms with Crippen molar-refractivity contribution in [2.24, 2.45) is 4.99 Å². The predicted molar refractivity (Wildman–Crippen MR) is 116 cm³/mol. The number of carbonyl (C=O) groups excluding carboxylic acids is 1. The Hall–Kier alpha value is -2.78. The molecule has 1 fully saturated rings. The molecular formula is C20H17BrN2O5S. The second-order valence-corrected chi connectivity index (χ2v) is 7.82. The van der Waals surface area contributed by atoms with Crippen molar-refractivity contribution in [3.63, 3.8) is 0 Å². The molecule has 1 amide bonds. The van der Waals surface area contributed by atoms with Crippen LogP contribution in [0.4, 0.5) is 5.69 Å². The van der Waals surface area contributed by atoms with Crippen LogP contribution in [0.2, 0.25) is 0 Å². The summed E-state index contributed by atoms with van der Waals surface area (Å²) in [5.41, 5.74) is 1.51. The molecule has 150 valence electrons. The van der Waals surface area contributed by atoms with Gasteiger partial charge in [-0.25, -0.2) is 9.79 Å². The summed E-state index contributed by atoms with van der Waals surface area (Å²) in [5, 5.41) is 9.48. The number of carboxylic acid groups (broad SMARTS) is 1. The molecule has 1 heterocycles. The van der Waals surface area contributed by atoms with Crippen molar-refractivity contribution in [2.45, 2.75) is 0 Å². The molecule has 0 spiro atoms. The van der Waals surface area contributed by atoms with Crippen LogP contribution < -0.4 is 9.47 Å². The van der Waals surface area contributed by atoms with Crippen molar-refractivity contribution in [3.05, 3.63) is 56.9 Å². The van der Waals surface area contributed by atoms with Crippen molar-refractivity contribution in [1.29, 1.82) is 0 Å². The second kappa shape index (κ2) is 8.71. The molecule has 2 aromatic rings. The number of benzene rings is 2. The first-order valence-corrected chi connectivity index (χ1v) is 9.96. The van der Waals surface area contributed by atoms with Crippen LogP contribution in [0.15, 0.2) is 50.8 Å². The van der Waals surface area contributed by atoms with Gasteiger partial charge in [0.2, 0.25) is 0 Å². The number of hydrogen-bond donors (Lipinski definition) is 1. The number of amides is 1. The highest BCUT2D eigenvalue weighted by molar-refractivity contribution is 9.10. The van der Waals surface area contributed by atoms with Crippen LogP contribution in [0.3, 0.4) is 0 Å². The van der Waals surface area contributed by atoms with Gasteiger partial charge in [0.15, 0.2) is 16.7 Å². The molecule has 0 unspecified atom stereocenters. The molecule has 0 aromatic heterocycles. The monoisotopic (exact) mass is 476 g/mol. The molecule has 1 N–H and O–H groups in total. The van der Waals surface area contributed by atoms with E-state index in [1.165, 1.54) is 28.8 Å². The number of amidine groups is 1. The molecule has 9 heteroatoms. The molecule has 0 radical (unpaired) electrons. The molecule has 3 rings (SSSR count). The summed E-state index contributed by atoms with van der Waals surface area (Å²) in [5.74, 6) is -0.0611. The SMILES string of the molecule is COc1cc(C=C2SC(=Nc3ccc(C(=O)O)cc3)N(C)C2=O)cc(Br)c1OC. The Labute approximate surface area is 180 Å². The van der Waals surface area contributed by atoms with Gasteiger partial charge >= 0.3 is 5.97 Å². The molecule has 2 aromatic carbocycles. The van der Waals surface area contributed by atoms with Crippen LogP contribution in [-0.2, 0) is 4.79 Å². The zero-order valence-electron chi connectivity index (χ0n) is 15.8. The summed E-state index contributed by atoms with van der Waals surface area (Å²) >= 11 is 4.69. The van der Waals surface area contributed by atoms with Crippen molar-refractivity contribution >= 4 is 56.5 Å². The van der Waals surface area contributed by atoms with Gasteiger partial charge in [0.05, 0.1) is 34.8 Å². The maximum atomic E-state index is 12.6. The molecule has 0 atom stereocenters. The summed E-state index contributed by atoms with van der Waals surface area (Å²) < 4.78 is 11.4. The minimum absolute atomic E-state index is 0.178. The van der Waals surface area contributed by atoms with Crippen molar-refractivity contribution in [3.8, 4) is 11.5 Å². The molecule has 0 bridgehead atoms. The largest absolute Gasteiger partial charge is 0.493 e. The van der Waals surface area contributed by atoms with Gasteiger partial charge in [-0.3, -0.25) is 9.69 Å². The third-order valence-electron chi connectivity index (χ3n) is 4.10. The van der Waals surface area contributed by atoms with E-state index in [0.717, 1.165) is 5.56 Å². The maximum absolute atomic E-state index is 12.6.